The molecule has 7 heteroatoms. The normalized spacial score (nSPS) is 10.6. The third-order valence-corrected chi connectivity index (χ3v) is 5.32. The summed E-state index contributed by atoms with van der Waals surface area (Å²) in [4.78, 5) is 16.8. The molecule has 0 atom stereocenters. The number of nitrogens with zero attached hydrogens (tertiary/aromatic N) is 2. The van der Waals surface area contributed by atoms with Crippen LogP contribution in [0.3, 0.4) is 0 Å². The molecule has 1 amide bonds. The number of thioether (sulfide) groups is 1. The summed E-state index contributed by atoms with van der Waals surface area (Å²) in [7, 11) is 0. The van der Waals surface area contributed by atoms with Crippen LogP contribution in [0.15, 0.2) is 84.3 Å². The molecule has 1 heterocycles. The highest BCUT2D eigenvalue weighted by Gasteiger charge is 2.11. The molecule has 0 radical (unpaired) electrons. The molecule has 0 unspecified atom stereocenters. The van der Waals surface area contributed by atoms with E-state index in [4.69, 9.17) is 4.74 Å². The molecule has 0 aliphatic heterocycles. The summed E-state index contributed by atoms with van der Waals surface area (Å²) in [5.74, 6) is 1.86. The van der Waals surface area contributed by atoms with Crippen LogP contribution in [0.4, 0.5) is 5.69 Å². The van der Waals surface area contributed by atoms with Crippen molar-refractivity contribution in [3.63, 3.8) is 0 Å². The number of aromatic amines is 1. The third-order valence-electron chi connectivity index (χ3n) is 4.37. The molecular formula is C23H20N4O2S. The fourth-order valence-corrected chi connectivity index (χ4v) is 3.49. The van der Waals surface area contributed by atoms with Crippen LogP contribution in [-0.4, -0.2) is 21.1 Å². The SMILES string of the molecule is Cc1ccc(Oc2ccccc2NC(=O)c2ccc(CSc3ncn[nH]3)cc2)cc1. The monoisotopic (exact) mass is 416 g/mol. The lowest BCUT2D eigenvalue weighted by molar-refractivity contribution is 0.102. The minimum absolute atomic E-state index is 0.190. The Kier molecular flexibility index (Phi) is 6.10. The van der Waals surface area contributed by atoms with Crippen molar-refractivity contribution in [2.45, 2.75) is 17.8 Å². The van der Waals surface area contributed by atoms with Gasteiger partial charge in [0, 0.05) is 11.3 Å². The Morgan fingerprint density at radius 1 is 1.03 bits per heavy atom. The van der Waals surface area contributed by atoms with Crippen LogP contribution < -0.4 is 10.1 Å². The van der Waals surface area contributed by atoms with Crippen molar-refractivity contribution in [2.75, 3.05) is 5.32 Å². The van der Waals surface area contributed by atoms with E-state index in [-0.39, 0.29) is 5.91 Å². The van der Waals surface area contributed by atoms with E-state index in [0.29, 0.717) is 17.0 Å². The molecular weight excluding hydrogens is 396 g/mol. The van der Waals surface area contributed by atoms with Gasteiger partial charge in [-0.1, -0.05) is 53.7 Å². The summed E-state index contributed by atoms with van der Waals surface area (Å²) < 4.78 is 5.96. The van der Waals surface area contributed by atoms with Crippen molar-refractivity contribution >= 4 is 23.4 Å². The van der Waals surface area contributed by atoms with Crippen LogP contribution in [0.2, 0.25) is 0 Å². The molecule has 4 aromatic rings. The molecule has 0 saturated carbocycles. The van der Waals surface area contributed by atoms with Crippen molar-refractivity contribution in [1.29, 1.82) is 0 Å². The van der Waals surface area contributed by atoms with Gasteiger partial charge in [-0.25, -0.2) is 4.98 Å². The summed E-state index contributed by atoms with van der Waals surface area (Å²) >= 11 is 1.55. The van der Waals surface area contributed by atoms with Gasteiger partial charge in [0.25, 0.3) is 5.91 Å². The maximum atomic E-state index is 12.7. The molecule has 0 saturated heterocycles. The Balaban J connectivity index is 1.41. The zero-order valence-electron chi connectivity index (χ0n) is 16.3. The van der Waals surface area contributed by atoms with Gasteiger partial charge in [-0.2, -0.15) is 5.10 Å². The summed E-state index contributed by atoms with van der Waals surface area (Å²) in [6.07, 6.45) is 1.48. The topological polar surface area (TPSA) is 79.9 Å². The van der Waals surface area contributed by atoms with Gasteiger partial charge >= 0.3 is 0 Å². The van der Waals surface area contributed by atoms with Crippen LogP contribution >= 0.6 is 11.8 Å². The molecule has 6 nitrogen and oxygen atoms in total. The molecule has 150 valence electrons. The zero-order valence-corrected chi connectivity index (χ0v) is 17.1. The van der Waals surface area contributed by atoms with E-state index in [9.17, 15) is 4.79 Å². The van der Waals surface area contributed by atoms with Gasteiger partial charge < -0.3 is 10.1 Å². The fraction of sp³-hybridized carbons (Fsp3) is 0.0870. The second-order valence-corrected chi connectivity index (χ2v) is 7.61. The van der Waals surface area contributed by atoms with Crippen molar-refractivity contribution in [2.24, 2.45) is 0 Å². The van der Waals surface area contributed by atoms with Crippen LogP contribution in [0, 0.1) is 6.92 Å². The summed E-state index contributed by atoms with van der Waals surface area (Å²) in [5.41, 5.74) is 3.45. The third kappa shape index (κ3) is 5.07. The van der Waals surface area contributed by atoms with Crippen LogP contribution in [0.5, 0.6) is 11.5 Å². The standard InChI is InChI=1S/C23H20N4O2S/c1-16-6-12-19(13-7-16)29-21-5-3-2-4-20(21)26-22(28)18-10-8-17(9-11-18)14-30-23-24-15-25-27-23/h2-13,15H,14H2,1H3,(H,26,28)(H,24,25,27). The molecule has 2 N–H and O–H groups in total. The van der Waals surface area contributed by atoms with Gasteiger partial charge in [0.15, 0.2) is 10.9 Å². The van der Waals surface area contributed by atoms with Gasteiger partial charge in [-0.15, -0.1) is 0 Å². The first-order chi connectivity index (χ1) is 14.7. The summed E-state index contributed by atoms with van der Waals surface area (Å²) in [6, 6.07) is 22.7. The molecule has 4 rings (SSSR count). The molecule has 0 aliphatic rings. The van der Waals surface area contributed by atoms with E-state index in [1.54, 1.807) is 11.8 Å². The maximum absolute atomic E-state index is 12.7. The average Bonchev–Trinajstić information content (AvgIpc) is 3.29. The van der Waals surface area contributed by atoms with Crippen LogP contribution in [0.25, 0.3) is 0 Å². The predicted octanol–water partition coefficient (Wildman–Crippen LogP) is 5.45. The Bertz CT molecular complexity index is 1110. The molecule has 1 aromatic heterocycles. The molecule has 0 bridgehead atoms. The number of nitrogens with one attached hydrogen (secondary N) is 2. The van der Waals surface area contributed by atoms with Crippen molar-refractivity contribution < 1.29 is 9.53 Å². The molecule has 30 heavy (non-hydrogen) atoms. The highest BCUT2D eigenvalue weighted by molar-refractivity contribution is 7.98. The lowest BCUT2D eigenvalue weighted by Gasteiger charge is -2.12. The number of anilines is 1. The Morgan fingerprint density at radius 3 is 2.53 bits per heavy atom. The number of aromatic nitrogens is 3. The first-order valence-electron chi connectivity index (χ1n) is 9.39. The number of aryl methyl sites for hydroxylation is 1. The Labute approximate surface area is 178 Å². The quantitative estimate of drug-likeness (QED) is 0.392. The summed E-state index contributed by atoms with van der Waals surface area (Å²) in [6.45, 7) is 2.02. The van der Waals surface area contributed by atoms with Crippen LogP contribution in [-0.2, 0) is 5.75 Å². The van der Waals surface area contributed by atoms with Gasteiger partial charge in [0.05, 0.1) is 5.69 Å². The van der Waals surface area contributed by atoms with Crippen LogP contribution in [0.1, 0.15) is 21.5 Å². The van der Waals surface area contributed by atoms with Gasteiger partial charge in [-0.05, 0) is 48.9 Å². The number of hydrogen-bond acceptors (Lipinski definition) is 5. The molecule has 0 aliphatic carbocycles. The molecule has 0 spiro atoms. The number of carbonyl (C=O) groups excluding carboxylic acids is 1. The number of ether oxygens (including phenoxy) is 1. The second kappa shape index (κ2) is 9.28. The fourth-order valence-electron chi connectivity index (χ4n) is 2.75. The van der Waals surface area contributed by atoms with E-state index in [1.165, 1.54) is 6.33 Å². The second-order valence-electron chi connectivity index (χ2n) is 6.64. The van der Waals surface area contributed by atoms with E-state index in [2.05, 4.69) is 20.5 Å². The smallest absolute Gasteiger partial charge is 0.255 e. The minimum atomic E-state index is -0.190. The van der Waals surface area contributed by atoms with E-state index < -0.39 is 0 Å². The summed E-state index contributed by atoms with van der Waals surface area (Å²) in [5, 5.41) is 10.3. The zero-order chi connectivity index (χ0) is 20.8. The predicted molar refractivity (Wildman–Crippen MR) is 118 cm³/mol. The number of rotatable bonds is 7. The van der Waals surface area contributed by atoms with E-state index in [0.717, 1.165) is 27.8 Å². The Morgan fingerprint density at radius 2 is 1.80 bits per heavy atom. The lowest BCUT2D eigenvalue weighted by atomic mass is 10.1. The Hall–Kier alpha value is -3.58. The number of hydrogen-bond donors (Lipinski definition) is 2. The first-order valence-corrected chi connectivity index (χ1v) is 10.4. The average molecular weight is 417 g/mol. The largest absolute Gasteiger partial charge is 0.455 e. The number of H-pyrrole nitrogens is 1. The highest BCUT2D eigenvalue weighted by atomic mass is 32.2. The highest BCUT2D eigenvalue weighted by Crippen LogP contribution is 2.30. The molecule has 0 fully saturated rings. The maximum Gasteiger partial charge on any atom is 0.255 e. The van der Waals surface area contributed by atoms with E-state index in [1.807, 2.05) is 79.7 Å². The minimum Gasteiger partial charge on any atom is -0.455 e. The van der Waals surface area contributed by atoms with Gasteiger partial charge in [0.1, 0.15) is 12.1 Å². The van der Waals surface area contributed by atoms with Crippen molar-refractivity contribution in [1.82, 2.24) is 15.2 Å². The van der Waals surface area contributed by atoms with Crippen molar-refractivity contribution in [3.8, 4) is 11.5 Å². The number of amides is 1. The number of para-hydroxylation sites is 2. The number of carbonyl (C=O) groups is 1. The molecule has 3 aromatic carbocycles. The van der Waals surface area contributed by atoms with Crippen molar-refractivity contribution in [3.05, 3.63) is 95.8 Å². The number of benzene rings is 3. The first kappa shape index (κ1) is 19.7. The van der Waals surface area contributed by atoms with E-state index >= 15 is 0 Å². The van der Waals surface area contributed by atoms with Gasteiger partial charge in [0.2, 0.25) is 0 Å². The van der Waals surface area contributed by atoms with Gasteiger partial charge in [-0.3, -0.25) is 9.89 Å². The lowest BCUT2D eigenvalue weighted by Crippen LogP contribution is -2.12.